The molecule has 1 aromatic heterocycles. The van der Waals surface area contributed by atoms with Crippen LogP contribution in [0.25, 0.3) is 0 Å². The fourth-order valence-corrected chi connectivity index (χ4v) is 1.52. The van der Waals surface area contributed by atoms with Crippen LogP contribution < -0.4 is 0 Å². The van der Waals surface area contributed by atoms with Gasteiger partial charge in [0.1, 0.15) is 4.34 Å². The highest BCUT2D eigenvalue weighted by molar-refractivity contribution is 7.15. The number of halogens is 1. The molecule has 0 unspecified atom stereocenters. The van der Waals surface area contributed by atoms with Crippen LogP contribution in [0.1, 0.15) is 38.4 Å². The van der Waals surface area contributed by atoms with Crippen LogP contribution in [-0.4, -0.2) is 4.98 Å². The number of nitrogens with zero attached hydrogens (tertiary/aromatic N) is 1. The number of hydrogen-bond acceptors (Lipinski definition) is 2. The molecule has 1 heterocycles. The van der Waals surface area contributed by atoms with Crippen LogP contribution in [-0.2, 0) is 0 Å². The Labute approximate surface area is 84.8 Å². The van der Waals surface area contributed by atoms with Crippen LogP contribution in [0, 0.1) is 13.8 Å². The monoisotopic (exact) mass is 207 g/mol. The van der Waals surface area contributed by atoms with E-state index in [1.807, 2.05) is 41.5 Å². The van der Waals surface area contributed by atoms with Gasteiger partial charge < -0.3 is 0 Å². The highest BCUT2D eigenvalue weighted by atomic mass is 35.5. The van der Waals surface area contributed by atoms with E-state index in [1.54, 1.807) is 0 Å². The van der Waals surface area contributed by atoms with Crippen molar-refractivity contribution in [3.8, 4) is 0 Å². The van der Waals surface area contributed by atoms with E-state index >= 15 is 0 Å². The third-order valence-corrected chi connectivity index (χ3v) is 2.21. The van der Waals surface area contributed by atoms with E-state index in [4.69, 9.17) is 11.6 Å². The Morgan fingerprint density at radius 2 is 1.50 bits per heavy atom. The number of aromatic nitrogens is 1. The summed E-state index contributed by atoms with van der Waals surface area (Å²) < 4.78 is 0.808. The summed E-state index contributed by atoms with van der Waals surface area (Å²) in [5.74, 6) is 0. The van der Waals surface area contributed by atoms with Crippen molar-refractivity contribution in [1.29, 1.82) is 0 Å². The summed E-state index contributed by atoms with van der Waals surface area (Å²) in [5, 5.41) is 1.03. The first kappa shape index (κ1) is 14.4. The largest absolute Gasteiger partial charge is 0.245 e. The van der Waals surface area contributed by atoms with Gasteiger partial charge in [0, 0.05) is 0 Å². The maximum atomic E-state index is 5.69. The van der Waals surface area contributed by atoms with Crippen molar-refractivity contribution in [3.63, 3.8) is 0 Å². The van der Waals surface area contributed by atoms with E-state index < -0.39 is 0 Å². The number of hydrogen-bond donors (Lipinski definition) is 0. The summed E-state index contributed by atoms with van der Waals surface area (Å²) in [6.45, 7) is 11.9. The van der Waals surface area contributed by atoms with Gasteiger partial charge in [-0.2, -0.15) is 0 Å². The van der Waals surface area contributed by atoms with Crippen molar-refractivity contribution in [2.75, 3.05) is 0 Å². The average molecular weight is 208 g/mol. The van der Waals surface area contributed by atoms with Crippen LogP contribution in [0.4, 0.5) is 0 Å². The predicted molar refractivity (Wildman–Crippen MR) is 59.3 cm³/mol. The van der Waals surface area contributed by atoms with E-state index in [0.29, 0.717) is 0 Å². The molecule has 0 bridgehead atoms. The van der Waals surface area contributed by atoms with Gasteiger partial charge in [-0.3, -0.25) is 0 Å². The predicted octanol–water partition coefficient (Wildman–Crippen LogP) is 4.47. The van der Waals surface area contributed by atoms with E-state index in [9.17, 15) is 0 Å². The van der Waals surface area contributed by atoms with Gasteiger partial charge in [0.05, 0.1) is 10.7 Å². The third kappa shape index (κ3) is 5.56. The molecule has 1 rings (SSSR count). The Bertz CT molecular complexity index is 177. The molecule has 12 heavy (non-hydrogen) atoms. The summed E-state index contributed by atoms with van der Waals surface area (Å²) in [6.07, 6.45) is 0. The number of aryl methyl sites for hydroxylation is 2. The van der Waals surface area contributed by atoms with Gasteiger partial charge in [-0.15, -0.1) is 11.3 Å². The summed E-state index contributed by atoms with van der Waals surface area (Å²) in [4.78, 5) is 4.10. The Balaban J connectivity index is 0. The van der Waals surface area contributed by atoms with E-state index in [1.165, 1.54) is 11.3 Å². The summed E-state index contributed by atoms with van der Waals surface area (Å²) in [6, 6.07) is 0. The van der Waals surface area contributed by atoms with Crippen LogP contribution in [0.3, 0.4) is 0 Å². The smallest absolute Gasteiger partial charge is 0.116 e. The lowest BCUT2D eigenvalue weighted by Gasteiger charge is -1.75. The van der Waals surface area contributed by atoms with Crippen molar-refractivity contribution >= 4 is 22.9 Å². The first-order chi connectivity index (χ1) is 5.70. The lowest BCUT2D eigenvalue weighted by Crippen LogP contribution is -1.68. The zero-order valence-electron chi connectivity index (χ0n) is 8.73. The Hall–Kier alpha value is -0.0800. The van der Waals surface area contributed by atoms with Crippen molar-refractivity contribution in [3.05, 3.63) is 15.0 Å². The van der Waals surface area contributed by atoms with Crippen LogP contribution in [0.2, 0.25) is 4.34 Å². The van der Waals surface area contributed by atoms with Gasteiger partial charge in [-0.1, -0.05) is 39.3 Å². The second-order valence-corrected chi connectivity index (χ2v) is 3.40. The van der Waals surface area contributed by atoms with Crippen LogP contribution in [0.15, 0.2) is 0 Å². The topological polar surface area (TPSA) is 12.9 Å². The molecule has 0 aliphatic carbocycles. The molecular formula is C9H18ClNS. The van der Waals surface area contributed by atoms with Crippen molar-refractivity contribution in [2.45, 2.75) is 41.5 Å². The van der Waals surface area contributed by atoms with Gasteiger partial charge >= 0.3 is 0 Å². The zero-order valence-corrected chi connectivity index (χ0v) is 10.3. The van der Waals surface area contributed by atoms with E-state index in [0.717, 1.165) is 15.0 Å². The summed E-state index contributed by atoms with van der Waals surface area (Å²) in [5.41, 5.74) is 0.939. The summed E-state index contributed by atoms with van der Waals surface area (Å²) >= 11 is 7.21. The van der Waals surface area contributed by atoms with Gasteiger partial charge in [-0.25, -0.2) is 4.98 Å². The van der Waals surface area contributed by atoms with E-state index in [-0.39, 0.29) is 0 Å². The molecule has 0 fully saturated rings. The molecule has 0 saturated heterocycles. The standard InChI is InChI=1S/C5H6ClNS.2C2H6/c1-3-5(6)8-4(2)7-3;2*1-2/h1-2H3;2*1-2H3. The molecule has 0 aromatic carbocycles. The molecule has 0 spiro atoms. The molecule has 1 nitrogen and oxygen atoms in total. The molecule has 3 heteroatoms. The number of rotatable bonds is 0. The normalized spacial score (nSPS) is 7.58. The molecular weight excluding hydrogens is 190 g/mol. The second kappa shape index (κ2) is 9.01. The Morgan fingerprint density at radius 3 is 1.58 bits per heavy atom. The van der Waals surface area contributed by atoms with Gasteiger partial charge in [0.2, 0.25) is 0 Å². The molecule has 0 aliphatic rings. The average Bonchev–Trinajstić information content (AvgIpc) is 2.37. The second-order valence-electron chi connectivity index (χ2n) is 1.59. The molecule has 0 amide bonds. The zero-order chi connectivity index (χ0) is 10.1. The van der Waals surface area contributed by atoms with Crippen molar-refractivity contribution in [1.82, 2.24) is 4.98 Å². The first-order valence-electron chi connectivity index (χ1n) is 4.29. The van der Waals surface area contributed by atoms with Gasteiger partial charge in [-0.05, 0) is 13.8 Å². The molecule has 1 aromatic rings. The van der Waals surface area contributed by atoms with Crippen molar-refractivity contribution < 1.29 is 0 Å². The van der Waals surface area contributed by atoms with E-state index in [2.05, 4.69) is 4.98 Å². The lowest BCUT2D eigenvalue weighted by molar-refractivity contribution is 1.20. The van der Waals surface area contributed by atoms with Gasteiger partial charge in [0.25, 0.3) is 0 Å². The minimum Gasteiger partial charge on any atom is -0.245 e. The fraction of sp³-hybridized carbons (Fsp3) is 0.667. The molecule has 0 atom stereocenters. The van der Waals surface area contributed by atoms with Crippen LogP contribution >= 0.6 is 22.9 Å². The van der Waals surface area contributed by atoms with Crippen LogP contribution in [0.5, 0.6) is 0 Å². The van der Waals surface area contributed by atoms with Gasteiger partial charge in [0.15, 0.2) is 0 Å². The molecule has 0 radical (unpaired) electrons. The third-order valence-electron chi connectivity index (χ3n) is 0.847. The molecule has 0 aliphatic heterocycles. The van der Waals surface area contributed by atoms with Crippen molar-refractivity contribution in [2.24, 2.45) is 0 Å². The molecule has 0 saturated carbocycles. The number of thiazole rings is 1. The Morgan fingerprint density at radius 1 is 1.08 bits per heavy atom. The quantitative estimate of drug-likeness (QED) is 0.612. The summed E-state index contributed by atoms with van der Waals surface area (Å²) in [7, 11) is 0. The minimum atomic E-state index is 0.808. The first-order valence-corrected chi connectivity index (χ1v) is 5.49. The fourth-order valence-electron chi connectivity index (χ4n) is 0.506. The minimum absolute atomic E-state index is 0.808. The maximum Gasteiger partial charge on any atom is 0.116 e. The maximum absolute atomic E-state index is 5.69. The molecule has 72 valence electrons. The lowest BCUT2D eigenvalue weighted by atomic mass is 10.6. The highest BCUT2D eigenvalue weighted by Crippen LogP contribution is 2.21. The SMILES string of the molecule is CC.CC.Cc1nc(C)c(Cl)s1. The Kier molecular flexibility index (Phi) is 10.8. The highest BCUT2D eigenvalue weighted by Gasteiger charge is 1.98. The molecule has 0 N–H and O–H groups in total.